The summed E-state index contributed by atoms with van der Waals surface area (Å²) in [5, 5.41) is 23.1. The minimum absolute atomic E-state index is 0.0784. The van der Waals surface area contributed by atoms with Crippen LogP contribution < -0.4 is 5.32 Å². The summed E-state index contributed by atoms with van der Waals surface area (Å²) in [6, 6.07) is -0.650. The van der Waals surface area contributed by atoms with Gasteiger partial charge in [0.1, 0.15) is 0 Å². The van der Waals surface area contributed by atoms with Crippen molar-refractivity contribution in [2.24, 2.45) is 0 Å². The van der Waals surface area contributed by atoms with Gasteiger partial charge in [-0.05, 0) is 89.9 Å². The third-order valence-electron chi connectivity index (χ3n) is 12.5. The standard InChI is InChI=1S/C62H109NO3/c1-3-5-7-9-11-13-15-17-19-21-23-25-26-27-28-29-30-31-32-33-34-35-36-38-40-42-44-46-48-50-52-54-56-58-62(66)63-60(59-64)61(65)57-55-53-51-49-47-45-43-41-39-37-24-22-20-18-16-14-12-10-8-6-4-2/h5,7,11,13,17,19,23,25,27-28,39,41,47,49,55,57,60-61,64-65H,3-4,6,8-10,12,14-16,18,20-22,24,26,29-38,40,42-46,48,50-54,56,58-59H2,1-2H3,(H,63,66)/b7-5-,13-11-,19-17-,25-23-,28-27-,41-39+,49-47+,57-55+. The van der Waals surface area contributed by atoms with Crippen LogP contribution in [0.15, 0.2) is 97.2 Å². The van der Waals surface area contributed by atoms with E-state index in [0.29, 0.717) is 6.42 Å². The van der Waals surface area contributed by atoms with Gasteiger partial charge in [-0.1, -0.05) is 272 Å². The summed E-state index contributed by atoms with van der Waals surface area (Å²) in [5.74, 6) is -0.0784. The lowest BCUT2D eigenvalue weighted by molar-refractivity contribution is -0.123. The number of aliphatic hydroxyl groups is 2. The van der Waals surface area contributed by atoms with Gasteiger partial charge in [-0.3, -0.25) is 4.79 Å². The van der Waals surface area contributed by atoms with Crippen LogP contribution in [0, 0.1) is 0 Å². The lowest BCUT2D eigenvalue weighted by atomic mass is 10.0. The molecule has 4 heteroatoms. The zero-order chi connectivity index (χ0) is 47.7. The Morgan fingerprint density at radius 2 is 0.682 bits per heavy atom. The molecule has 0 heterocycles. The van der Waals surface area contributed by atoms with E-state index in [1.54, 1.807) is 6.08 Å². The lowest BCUT2D eigenvalue weighted by Crippen LogP contribution is -2.45. The molecule has 4 nitrogen and oxygen atoms in total. The summed E-state index contributed by atoms with van der Waals surface area (Å²) >= 11 is 0. The maximum absolute atomic E-state index is 12.5. The second-order valence-corrected chi connectivity index (χ2v) is 19.0. The lowest BCUT2D eigenvalue weighted by Gasteiger charge is -2.19. The molecule has 0 aromatic carbocycles. The van der Waals surface area contributed by atoms with Crippen molar-refractivity contribution in [1.82, 2.24) is 5.32 Å². The van der Waals surface area contributed by atoms with Crippen molar-refractivity contribution >= 4 is 5.91 Å². The maximum atomic E-state index is 12.5. The van der Waals surface area contributed by atoms with Crippen molar-refractivity contribution in [3.63, 3.8) is 0 Å². The number of unbranched alkanes of at least 4 members (excludes halogenated alkanes) is 30. The molecule has 0 saturated carbocycles. The molecule has 0 bridgehead atoms. The fourth-order valence-corrected chi connectivity index (χ4v) is 8.24. The molecular weight excluding hydrogens is 807 g/mol. The molecule has 2 unspecified atom stereocenters. The molecule has 0 radical (unpaired) electrons. The Morgan fingerprint density at radius 1 is 0.379 bits per heavy atom. The monoisotopic (exact) mass is 916 g/mol. The van der Waals surface area contributed by atoms with Gasteiger partial charge in [0.05, 0.1) is 18.8 Å². The minimum Gasteiger partial charge on any atom is -0.394 e. The molecule has 0 aromatic rings. The van der Waals surface area contributed by atoms with E-state index >= 15 is 0 Å². The number of hydrogen-bond acceptors (Lipinski definition) is 3. The van der Waals surface area contributed by atoms with Crippen LogP contribution in [-0.2, 0) is 4.79 Å². The number of carbonyl (C=O) groups excluding carboxylic acids is 1. The maximum Gasteiger partial charge on any atom is 0.220 e. The Bertz CT molecular complexity index is 1220. The smallest absolute Gasteiger partial charge is 0.220 e. The first-order chi connectivity index (χ1) is 32.7. The number of allylic oxidation sites excluding steroid dienone is 15. The number of nitrogens with one attached hydrogen (secondary N) is 1. The molecular formula is C62H109NO3. The normalized spacial score (nSPS) is 13.6. The Balaban J connectivity index is 3.55. The third kappa shape index (κ3) is 52.3. The zero-order valence-electron chi connectivity index (χ0n) is 43.7. The van der Waals surface area contributed by atoms with Crippen LogP contribution in [0.2, 0.25) is 0 Å². The summed E-state index contributed by atoms with van der Waals surface area (Å²) in [5.41, 5.74) is 0. The van der Waals surface area contributed by atoms with E-state index in [0.717, 1.165) is 70.6 Å². The van der Waals surface area contributed by atoms with Gasteiger partial charge in [0, 0.05) is 6.42 Å². The molecule has 0 aliphatic carbocycles. The second kappa shape index (κ2) is 56.6. The highest BCUT2D eigenvalue weighted by atomic mass is 16.3. The van der Waals surface area contributed by atoms with Crippen molar-refractivity contribution in [1.29, 1.82) is 0 Å². The fourth-order valence-electron chi connectivity index (χ4n) is 8.24. The van der Waals surface area contributed by atoms with E-state index in [4.69, 9.17) is 0 Å². The van der Waals surface area contributed by atoms with E-state index in [1.165, 1.54) is 180 Å². The van der Waals surface area contributed by atoms with Crippen molar-refractivity contribution in [2.75, 3.05) is 6.61 Å². The van der Waals surface area contributed by atoms with E-state index in [1.807, 2.05) is 6.08 Å². The van der Waals surface area contributed by atoms with Crippen LogP contribution >= 0.6 is 0 Å². The van der Waals surface area contributed by atoms with E-state index in [9.17, 15) is 15.0 Å². The van der Waals surface area contributed by atoms with Crippen LogP contribution in [0.5, 0.6) is 0 Å². The summed E-state index contributed by atoms with van der Waals surface area (Å²) in [6.07, 6.45) is 84.3. The molecule has 0 rings (SSSR count). The largest absolute Gasteiger partial charge is 0.394 e. The molecule has 0 fully saturated rings. The van der Waals surface area contributed by atoms with Crippen molar-refractivity contribution in [3.05, 3.63) is 97.2 Å². The van der Waals surface area contributed by atoms with E-state index < -0.39 is 12.1 Å². The quantitative estimate of drug-likeness (QED) is 0.0421. The van der Waals surface area contributed by atoms with Gasteiger partial charge >= 0.3 is 0 Å². The van der Waals surface area contributed by atoms with Crippen molar-refractivity contribution in [3.8, 4) is 0 Å². The van der Waals surface area contributed by atoms with Crippen LogP contribution in [0.4, 0.5) is 0 Å². The number of amides is 1. The van der Waals surface area contributed by atoms with E-state index in [-0.39, 0.29) is 12.5 Å². The first-order valence-electron chi connectivity index (χ1n) is 28.5. The number of aliphatic hydroxyl groups excluding tert-OH is 2. The van der Waals surface area contributed by atoms with Gasteiger partial charge in [0.2, 0.25) is 5.91 Å². The highest BCUT2D eigenvalue weighted by Crippen LogP contribution is 2.16. The summed E-state index contributed by atoms with van der Waals surface area (Å²) in [7, 11) is 0. The molecule has 0 saturated heterocycles. The molecule has 66 heavy (non-hydrogen) atoms. The Morgan fingerprint density at radius 3 is 1.06 bits per heavy atom. The highest BCUT2D eigenvalue weighted by molar-refractivity contribution is 5.76. The first-order valence-corrected chi connectivity index (χ1v) is 28.5. The fraction of sp³-hybridized carbons (Fsp3) is 0.726. The molecule has 0 spiro atoms. The van der Waals surface area contributed by atoms with Gasteiger partial charge in [0.25, 0.3) is 0 Å². The SMILES string of the molecule is CC/C=C\C/C=C\C/C=C\C/C=C\C/C=C\CCCCCCCCCCCCCCCCCCCC(=O)NC(CO)C(O)/C=C/CC/C=C/CC/C=C/CCCCCCCCCCCCC. The second-order valence-electron chi connectivity index (χ2n) is 19.0. The molecule has 0 aliphatic rings. The molecule has 1 amide bonds. The average Bonchev–Trinajstić information content (AvgIpc) is 3.32. The van der Waals surface area contributed by atoms with Crippen LogP contribution in [-0.4, -0.2) is 34.9 Å². The van der Waals surface area contributed by atoms with E-state index in [2.05, 4.69) is 104 Å². The Hall–Kier alpha value is -2.69. The van der Waals surface area contributed by atoms with Gasteiger partial charge in [-0.25, -0.2) is 0 Å². The Labute approximate surface area is 411 Å². The molecule has 3 N–H and O–H groups in total. The van der Waals surface area contributed by atoms with Crippen LogP contribution in [0.1, 0.15) is 271 Å². The highest BCUT2D eigenvalue weighted by Gasteiger charge is 2.18. The number of rotatable bonds is 51. The third-order valence-corrected chi connectivity index (χ3v) is 12.5. The summed E-state index contributed by atoms with van der Waals surface area (Å²) < 4.78 is 0. The molecule has 380 valence electrons. The minimum atomic E-state index is -0.875. The van der Waals surface area contributed by atoms with Gasteiger partial charge < -0.3 is 15.5 Å². The van der Waals surface area contributed by atoms with Gasteiger partial charge in [-0.2, -0.15) is 0 Å². The van der Waals surface area contributed by atoms with Crippen LogP contribution in [0.3, 0.4) is 0 Å². The number of carbonyl (C=O) groups is 1. The Kier molecular flexibility index (Phi) is 54.3. The van der Waals surface area contributed by atoms with Crippen molar-refractivity contribution in [2.45, 2.75) is 283 Å². The molecule has 0 aromatic heterocycles. The summed E-state index contributed by atoms with van der Waals surface area (Å²) in [4.78, 5) is 12.5. The first kappa shape index (κ1) is 63.3. The zero-order valence-corrected chi connectivity index (χ0v) is 43.7. The topological polar surface area (TPSA) is 69.6 Å². The molecule has 2 atom stereocenters. The van der Waals surface area contributed by atoms with Gasteiger partial charge in [0.15, 0.2) is 0 Å². The molecule has 0 aliphatic heterocycles. The van der Waals surface area contributed by atoms with Crippen LogP contribution in [0.25, 0.3) is 0 Å². The summed E-state index contributed by atoms with van der Waals surface area (Å²) in [6.45, 7) is 4.19. The average molecular weight is 917 g/mol. The number of hydrogen-bond donors (Lipinski definition) is 3. The predicted molar refractivity (Wildman–Crippen MR) is 294 cm³/mol. The van der Waals surface area contributed by atoms with Gasteiger partial charge in [-0.15, -0.1) is 0 Å². The van der Waals surface area contributed by atoms with Crippen molar-refractivity contribution < 1.29 is 15.0 Å². The predicted octanol–water partition coefficient (Wildman–Crippen LogP) is 18.9.